The standard InChI is InChI=1S/C7H12N/c1-6-3-4-7-5-8(6,7)2/h7H,1,3-5H2,2H3/q+1. The van der Waals surface area contributed by atoms with Crippen molar-refractivity contribution in [1.82, 2.24) is 0 Å². The van der Waals surface area contributed by atoms with E-state index in [9.17, 15) is 0 Å². The molecule has 2 rings (SSSR count). The molecular weight excluding hydrogens is 98.1 g/mol. The van der Waals surface area contributed by atoms with Crippen LogP contribution in [0.25, 0.3) is 0 Å². The van der Waals surface area contributed by atoms with Gasteiger partial charge in [0.15, 0.2) is 0 Å². The molecule has 2 unspecified atom stereocenters. The lowest BCUT2D eigenvalue weighted by atomic mass is 10.2. The van der Waals surface area contributed by atoms with Crippen LogP contribution in [0.2, 0.25) is 0 Å². The Kier molecular flexibility index (Phi) is 0.575. The number of likely N-dealkylation sites (N-methyl/N-ethyl adjacent to an activating group) is 1. The fourth-order valence-electron chi connectivity index (χ4n) is 1.74. The van der Waals surface area contributed by atoms with Crippen molar-refractivity contribution in [3.8, 4) is 0 Å². The summed E-state index contributed by atoms with van der Waals surface area (Å²) in [5, 5.41) is 0. The van der Waals surface area contributed by atoms with Crippen LogP contribution in [0.1, 0.15) is 12.8 Å². The molecule has 2 heterocycles. The van der Waals surface area contributed by atoms with Crippen molar-refractivity contribution < 1.29 is 4.48 Å². The number of rotatable bonds is 0. The second-order valence-corrected chi connectivity index (χ2v) is 3.21. The Labute approximate surface area is 50.2 Å². The highest BCUT2D eigenvalue weighted by Gasteiger charge is 2.57. The van der Waals surface area contributed by atoms with Crippen LogP contribution in [0.5, 0.6) is 0 Å². The Morgan fingerprint density at radius 1 is 1.75 bits per heavy atom. The maximum Gasteiger partial charge on any atom is 0.144 e. The zero-order valence-electron chi connectivity index (χ0n) is 5.35. The van der Waals surface area contributed by atoms with E-state index >= 15 is 0 Å². The lowest BCUT2D eigenvalue weighted by Gasteiger charge is -2.07. The first kappa shape index (κ1) is 4.57. The van der Waals surface area contributed by atoms with Gasteiger partial charge in [-0.15, -0.1) is 0 Å². The van der Waals surface area contributed by atoms with Gasteiger partial charge in [0.1, 0.15) is 18.3 Å². The smallest absolute Gasteiger partial charge is 0.144 e. The van der Waals surface area contributed by atoms with E-state index in [0.29, 0.717) is 0 Å². The first-order valence-corrected chi connectivity index (χ1v) is 3.27. The quantitative estimate of drug-likeness (QED) is 0.324. The van der Waals surface area contributed by atoms with Crippen molar-refractivity contribution in [2.24, 2.45) is 0 Å². The Morgan fingerprint density at radius 2 is 2.50 bits per heavy atom. The van der Waals surface area contributed by atoms with Crippen LogP contribution in [0.4, 0.5) is 0 Å². The van der Waals surface area contributed by atoms with Crippen LogP contribution in [-0.4, -0.2) is 24.1 Å². The molecule has 2 aliphatic heterocycles. The average molecular weight is 110 g/mol. The van der Waals surface area contributed by atoms with E-state index in [1.54, 1.807) is 0 Å². The number of allylic oxidation sites excluding steroid dienone is 1. The zero-order chi connectivity index (χ0) is 5.78. The van der Waals surface area contributed by atoms with Crippen molar-refractivity contribution in [1.29, 1.82) is 0 Å². The Balaban J connectivity index is 2.31. The van der Waals surface area contributed by atoms with Gasteiger partial charge in [-0.3, -0.25) is 4.48 Å². The molecule has 44 valence electrons. The molecule has 8 heavy (non-hydrogen) atoms. The van der Waals surface area contributed by atoms with Gasteiger partial charge < -0.3 is 0 Å². The van der Waals surface area contributed by atoms with E-state index in [1.807, 2.05) is 0 Å². The highest BCUT2D eigenvalue weighted by Crippen LogP contribution is 2.45. The molecule has 0 aromatic rings. The molecule has 1 heteroatoms. The third-order valence-corrected chi connectivity index (χ3v) is 2.75. The lowest BCUT2D eigenvalue weighted by Crippen LogP contribution is -2.15. The average Bonchev–Trinajstić information content (AvgIpc) is 2.31. The first-order valence-electron chi connectivity index (χ1n) is 3.27. The van der Waals surface area contributed by atoms with Crippen LogP contribution in [0.15, 0.2) is 12.3 Å². The number of hydrogen-bond acceptors (Lipinski definition) is 0. The highest BCUT2D eigenvalue weighted by molar-refractivity contribution is 5.00. The Bertz CT molecular complexity index is 148. The van der Waals surface area contributed by atoms with Crippen molar-refractivity contribution in [3.05, 3.63) is 12.3 Å². The molecular formula is C7H12N+. The summed E-state index contributed by atoms with van der Waals surface area (Å²) < 4.78 is 1.21. The third-order valence-electron chi connectivity index (χ3n) is 2.75. The summed E-state index contributed by atoms with van der Waals surface area (Å²) in [4.78, 5) is 0. The molecule has 1 nitrogen and oxygen atoms in total. The molecule has 2 atom stereocenters. The van der Waals surface area contributed by atoms with Crippen LogP contribution in [-0.2, 0) is 0 Å². The van der Waals surface area contributed by atoms with E-state index in [4.69, 9.17) is 0 Å². The second kappa shape index (κ2) is 1.01. The summed E-state index contributed by atoms with van der Waals surface area (Å²) in [6.45, 7) is 5.39. The molecule has 2 fully saturated rings. The number of piperidine rings is 1. The third kappa shape index (κ3) is 0.324. The van der Waals surface area contributed by atoms with Crippen molar-refractivity contribution >= 4 is 0 Å². The molecule has 0 aromatic carbocycles. The molecule has 0 bridgehead atoms. The van der Waals surface area contributed by atoms with Gasteiger partial charge >= 0.3 is 0 Å². The zero-order valence-corrected chi connectivity index (χ0v) is 5.35. The maximum atomic E-state index is 4.02. The molecule has 0 aromatic heterocycles. The molecule has 0 saturated carbocycles. The van der Waals surface area contributed by atoms with E-state index in [-0.39, 0.29) is 0 Å². The summed E-state index contributed by atoms with van der Waals surface area (Å²) in [5.74, 6) is 0. The molecule has 0 aliphatic carbocycles. The van der Waals surface area contributed by atoms with E-state index in [1.165, 1.54) is 29.6 Å². The molecule has 0 amide bonds. The summed E-state index contributed by atoms with van der Waals surface area (Å²) in [5.41, 5.74) is 1.45. The largest absolute Gasteiger partial charge is 0.286 e. The summed E-state index contributed by atoms with van der Waals surface area (Å²) in [6.07, 6.45) is 2.68. The van der Waals surface area contributed by atoms with Gasteiger partial charge in [-0.2, -0.15) is 0 Å². The topological polar surface area (TPSA) is 0 Å². The monoisotopic (exact) mass is 110 g/mol. The molecule has 2 saturated heterocycles. The highest BCUT2D eigenvalue weighted by atomic mass is 15.5. The summed E-state index contributed by atoms with van der Waals surface area (Å²) >= 11 is 0. The van der Waals surface area contributed by atoms with Crippen LogP contribution in [0, 0.1) is 0 Å². The molecule has 0 N–H and O–H groups in total. The first-order chi connectivity index (χ1) is 3.73. The van der Waals surface area contributed by atoms with Gasteiger partial charge in [0, 0.05) is 12.8 Å². The number of hydrogen-bond donors (Lipinski definition) is 0. The summed E-state index contributed by atoms with van der Waals surface area (Å²) in [7, 11) is 2.29. The Hall–Kier alpha value is -0.300. The maximum absolute atomic E-state index is 4.02. The van der Waals surface area contributed by atoms with Gasteiger partial charge in [-0.25, -0.2) is 0 Å². The molecule has 0 radical (unpaired) electrons. The van der Waals surface area contributed by atoms with Crippen LogP contribution >= 0.6 is 0 Å². The molecule has 0 spiro atoms. The minimum absolute atomic E-state index is 0.975. The number of quaternary nitrogens is 1. The van der Waals surface area contributed by atoms with Crippen molar-refractivity contribution in [2.75, 3.05) is 13.6 Å². The summed E-state index contributed by atoms with van der Waals surface area (Å²) in [6, 6.07) is 0.975. The van der Waals surface area contributed by atoms with Crippen LogP contribution < -0.4 is 0 Å². The van der Waals surface area contributed by atoms with E-state index in [0.717, 1.165) is 6.04 Å². The fraction of sp³-hybridized carbons (Fsp3) is 0.714. The van der Waals surface area contributed by atoms with Crippen molar-refractivity contribution in [2.45, 2.75) is 18.9 Å². The normalized spacial score (nSPS) is 51.6. The van der Waals surface area contributed by atoms with Crippen LogP contribution in [0.3, 0.4) is 0 Å². The van der Waals surface area contributed by atoms with Gasteiger partial charge in [0.05, 0.1) is 7.05 Å². The second-order valence-electron chi connectivity index (χ2n) is 3.21. The SMILES string of the molecule is C=C1CCC2C[N+]12C. The van der Waals surface area contributed by atoms with Gasteiger partial charge in [-0.1, -0.05) is 0 Å². The van der Waals surface area contributed by atoms with Gasteiger partial charge in [0.25, 0.3) is 0 Å². The van der Waals surface area contributed by atoms with Gasteiger partial charge in [-0.05, 0) is 6.58 Å². The van der Waals surface area contributed by atoms with E-state index in [2.05, 4.69) is 13.6 Å². The molecule has 2 aliphatic rings. The predicted octanol–water partition coefficient (Wildman–Crippen LogP) is 1.12. The van der Waals surface area contributed by atoms with E-state index < -0.39 is 0 Å². The lowest BCUT2D eigenvalue weighted by molar-refractivity contribution is -0.740. The minimum atomic E-state index is 0.975. The minimum Gasteiger partial charge on any atom is -0.286 e. The predicted molar refractivity (Wildman–Crippen MR) is 33.2 cm³/mol. The number of fused-ring (bicyclic) bond motifs is 1. The van der Waals surface area contributed by atoms with Gasteiger partial charge in [0.2, 0.25) is 0 Å². The van der Waals surface area contributed by atoms with Crippen molar-refractivity contribution in [3.63, 3.8) is 0 Å². The Morgan fingerprint density at radius 3 is 2.62 bits per heavy atom. The fourth-order valence-corrected chi connectivity index (χ4v) is 1.74. The number of nitrogens with zero attached hydrogens (tertiary/aromatic N) is 1.